The van der Waals surface area contributed by atoms with E-state index < -0.39 is 28.9 Å². The molecule has 52 heavy (non-hydrogen) atoms. The van der Waals surface area contributed by atoms with Crippen LogP contribution in [0.2, 0.25) is 0 Å². The van der Waals surface area contributed by atoms with Crippen molar-refractivity contribution in [2.75, 3.05) is 6.54 Å². The molecule has 8 nitrogen and oxygen atoms in total. The second-order valence-electron chi connectivity index (χ2n) is 20.1. The average Bonchev–Trinajstić information content (AvgIpc) is 3.39. The van der Waals surface area contributed by atoms with E-state index in [4.69, 9.17) is 4.74 Å². The Morgan fingerprint density at radius 1 is 0.962 bits per heavy atom. The average molecular weight is 728 g/mol. The minimum atomic E-state index is -1.17. The van der Waals surface area contributed by atoms with E-state index in [0.717, 1.165) is 95.5 Å². The molecule has 0 aliphatic heterocycles. The summed E-state index contributed by atoms with van der Waals surface area (Å²) in [5, 5.41) is 35.4. The van der Waals surface area contributed by atoms with Gasteiger partial charge in [0.15, 0.2) is 5.78 Å². The van der Waals surface area contributed by atoms with Gasteiger partial charge >= 0.3 is 11.9 Å². The maximum Gasteiger partial charge on any atom is 0.309 e. The Morgan fingerprint density at radius 2 is 1.63 bits per heavy atom. The first kappa shape index (κ1) is 41.4. The standard InChI is InChI=1S/C44H73NO7/c1-10-11-12-35(52-36(49)25-40(4,5)39(50)51)41(6,7)28-19-20-42(8)29(23-28)13-18-32-38-37(27(2)3)33(47)24-44(38,22-21-43(32,42)9)34(48)26-45-30-14-16-31(46)17-15-30/h27-32,34-35,45-46,48H,10-26H2,1-9H3,(H,50,51)/t28-,29-,30?,31?,32-,34-,35+,42-,43-,44+/m1/s1. The van der Waals surface area contributed by atoms with Gasteiger partial charge in [-0.25, -0.2) is 0 Å². The zero-order chi connectivity index (χ0) is 38.4. The molecular formula is C44H73NO7. The van der Waals surface area contributed by atoms with Crippen LogP contribution in [0.15, 0.2) is 11.1 Å². The van der Waals surface area contributed by atoms with Crippen molar-refractivity contribution in [2.45, 2.75) is 189 Å². The maximum absolute atomic E-state index is 14.0. The molecule has 8 atom stereocenters. The molecule has 5 aliphatic rings. The molecule has 0 unspecified atom stereocenters. The second kappa shape index (κ2) is 15.4. The summed E-state index contributed by atoms with van der Waals surface area (Å²) < 4.78 is 6.23. The number of carboxylic acids is 1. The van der Waals surface area contributed by atoms with Crippen molar-refractivity contribution in [3.05, 3.63) is 11.1 Å². The molecule has 5 rings (SSSR count). The van der Waals surface area contributed by atoms with Crippen LogP contribution >= 0.6 is 0 Å². The van der Waals surface area contributed by atoms with E-state index in [0.29, 0.717) is 30.8 Å². The number of aliphatic hydroxyl groups is 2. The van der Waals surface area contributed by atoms with E-state index in [9.17, 15) is 29.7 Å². The Balaban J connectivity index is 1.37. The number of aliphatic carboxylic acids is 1. The minimum absolute atomic E-state index is 0.0117. The Hall–Kier alpha value is -1.77. The molecule has 8 heteroatoms. The number of carboxylic acid groups (broad SMARTS) is 1. The molecule has 0 heterocycles. The smallest absolute Gasteiger partial charge is 0.309 e. The lowest BCUT2D eigenvalue weighted by Crippen LogP contribution is -2.60. The summed E-state index contributed by atoms with van der Waals surface area (Å²) in [6, 6.07) is 0.299. The van der Waals surface area contributed by atoms with Gasteiger partial charge in [0.05, 0.1) is 24.0 Å². The van der Waals surface area contributed by atoms with Crippen LogP contribution in [0.1, 0.15) is 165 Å². The van der Waals surface area contributed by atoms with Crippen LogP contribution in [-0.2, 0) is 19.1 Å². The van der Waals surface area contributed by atoms with Gasteiger partial charge in [0.1, 0.15) is 6.10 Å². The first-order chi connectivity index (χ1) is 24.2. The van der Waals surface area contributed by atoms with Crippen molar-refractivity contribution < 1.29 is 34.4 Å². The van der Waals surface area contributed by atoms with E-state index >= 15 is 0 Å². The van der Waals surface area contributed by atoms with Gasteiger partial charge in [0.2, 0.25) is 0 Å². The highest BCUT2D eigenvalue weighted by Crippen LogP contribution is 2.73. The third-order valence-corrected chi connectivity index (χ3v) is 16.1. The molecular weight excluding hydrogens is 654 g/mol. The fraction of sp³-hybridized carbons (Fsp3) is 0.886. The van der Waals surface area contributed by atoms with Gasteiger partial charge in [-0.3, -0.25) is 14.4 Å². The Morgan fingerprint density at radius 3 is 2.25 bits per heavy atom. The molecule has 5 aliphatic carbocycles. The van der Waals surface area contributed by atoms with Crippen LogP contribution in [0.4, 0.5) is 0 Å². The van der Waals surface area contributed by atoms with E-state index in [1.807, 2.05) is 0 Å². The van der Waals surface area contributed by atoms with Crippen LogP contribution in [0.25, 0.3) is 0 Å². The summed E-state index contributed by atoms with van der Waals surface area (Å²) in [4.78, 5) is 38.9. The molecule has 0 aromatic heterocycles. The predicted octanol–water partition coefficient (Wildman–Crippen LogP) is 8.41. The third kappa shape index (κ3) is 7.44. The molecule has 0 radical (unpaired) electrons. The zero-order valence-electron chi connectivity index (χ0n) is 34.1. The highest BCUT2D eigenvalue weighted by atomic mass is 16.5. The second-order valence-corrected chi connectivity index (χ2v) is 20.1. The van der Waals surface area contributed by atoms with Gasteiger partial charge in [-0.05, 0) is 131 Å². The quantitative estimate of drug-likeness (QED) is 0.131. The van der Waals surface area contributed by atoms with Crippen molar-refractivity contribution >= 4 is 17.7 Å². The van der Waals surface area contributed by atoms with Crippen LogP contribution in [0.5, 0.6) is 0 Å². The number of unbranched alkanes of at least 4 members (excludes halogenated alkanes) is 1. The number of Topliss-reactive ketones (excluding diaryl/α,β-unsaturated/α-hetero) is 1. The zero-order valence-corrected chi connectivity index (χ0v) is 34.1. The summed E-state index contributed by atoms with van der Waals surface area (Å²) in [5.41, 5.74) is 0.469. The van der Waals surface area contributed by atoms with Gasteiger partial charge in [-0.1, -0.05) is 66.9 Å². The normalized spacial score (nSPS) is 36.5. The topological polar surface area (TPSA) is 133 Å². The molecule has 0 aromatic rings. The number of aliphatic hydroxyl groups excluding tert-OH is 2. The number of allylic oxidation sites excluding steroid dienone is 1. The van der Waals surface area contributed by atoms with Crippen molar-refractivity contribution in [1.82, 2.24) is 5.32 Å². The monoisotopic (exact) mass is 728 g/mol. The Kier molecular flexibility index (Phi) is 12.3. The molecule has 4 N–H and O–H groups in total. The molecule has 0 bridgehead atoms. The van der Waals surface area contributed by atoms with Crippen LogP contribution in [-0.4, -0.2) is 63.9 Å². The lowest BCUT2D eigenvalue weighted by Gasteiger charge is -2.67. The lowest BCUT2D eigenvalue weighted by molar-refractivity contribution is -0.174. The molecule has 0 spiro atoms. The number of nitrogens with one attached hydrogen (secondary N) is 1. The van der Waals surface area contributed by atoms with Gasteiger partial charge in [-0.15, -0.1) is 0 Å². The van der Waals surface area contributed by atoms with Gasteiger partial charge in [0, 0.05) is 29.8 Å². The number of carbonyl (C=O) groups is 3. The van der Waals surface area contributed by atoms with E-state index in [1.165, 1.54) is 5.57 Å². The maximum atomic E-state index is 14.0. The Bertz CT molecular complexity index is 1360. The Labute approximate surface area is 314 Å². The van der Waals surface area contributed by atoms with Crippen molar-refractivity contribution in [2.24, 2.45) is 50.7 Å². The highest BCUT2D eigenvalue weighted by Gasteiger charge is 2.66. The number of rotatable bonds is 14. The van der Waals surface area contributed by atoms with E-state index in [-0.39, 0.29) is 52.5 Å². The number of ether oxygens (including phenoxy) is 1. The first-order valence-electron chi connectivity index (χ1n) is 21.0. The molecule has 0 aromatic carbocycles. The van der Waals surface area contributed by atoms with Gasteiger partial charge in [0.25, 0.3) is 0 Å². The summed E-state index contributed by atoms with van der Waals surface area (Å²) in [6.07, 6.45) is 12.5. The van der Waals surface area contributed by atoms with Gasteiger partial charge in [-0.2, -0.15) is 0 Å². The molecule has 4 fully saturated rings. The lowest BCUT2D eigenvalue weighted by atomic mass is 9.38. The minimum Gasteiger partial charge on any atom is -0.481 e. The number of hydrogen-bond donors (Lipinski definition) is 4. The van der Waals surface area contributed by atoms with Crippen LogP contribution in [0.3, 0.4) is 0 Å². The highest BCUT2D eigenvalue weighted by molar-refractivity contribution is 6.00. The number of ketones is 1. The van der Waals surface area contributed by atoms with Crippen LogP contribution < -0.4 is 5.32 Å². The van der Waals surface area contributed by atoms with Crippen molar-refractivity contribution in [3.8, 4) is 0 Å². The van der Waals surface area contributed by atoms with Crippen molar-refractivity contribution in [1.29, 1.82) is 0 Å². The summed E-state index contributed by atoms with van der Waals surface area (Å²) in [7, 11) is 0. The molecule has 296 valence electrons. The predicted molar refractivity (Wildman–Crippen MR) is 204 cm³/mol. The van der Waals surface area contributed by atoms with Crippen molar-refractivity contribution in [3.63, 3.8) is 0 Å². The first-order valence-corrected chi connectivity index (χ1v) is 21.0. The fourth-order valence-electron chi connectivity index (χ4n) is 12.1. The number of esters is 1. The van der Waals surface area contributed by atoms with Crippen LogP contribution in [0, 0.1) is 50.7 Å². The molecule has 0 amide bonds. The third-order valence-electron chi connectivity index (χ3n) is 16.1. The fourth-order valence-corrected chi connectivity index (χ4v) is 12.1. The molecule has 4 saturated carbocycles. The largest absolute Gasteiger partial charge is 0.481 e. The number of fused-ring (bicyclic) bond motifs is 5. The summed E-state index contributed by atoms with van der Waals surface area (Å²) in [6.45, 7) is 19.7. The number of carbonyl (C=O) groups excluding carboxylic acids is 2. The molecule has 0 saturated heterocycles. The SMILES string of the molecule is CCCC[C@H](OC(=O)CC(C)(C)C(=O)O)C(C)(C)[C@@H]1CC[C@]2(C)[C@H](CC[C@@H]3C4=C(C(C)C)C(=O)C[C@]4([C@H](O)CNC4CCC(O)CC4)CC[C@]32C)C1. The van der Waals surface area contributed by atoms with E-state index in [2.05, 4.69) is 53.8 Å². The van der Waals surface area contributed by atoms with Gasteiger partial charge < -0.3 is 25.4 Å². The van der Waals surface area contributed by atoms with E-state index in [1.54, 1.807) is 13.8 Å². The number of hydrogen-bond acceptors (Lipinski definition) is 7. The summed E-state index contributed by atoms with van der Waals surface area (Å²) in [5.74, 6) is 0.116. The summed E-state index contributed by atoms with van der Waals surface area (Å²) >= 11 is 0.